The number of hydrogen-bond acceptors (Lipinski definition) is 3. The molecule has 0 N–H and O–H groups in total. The second kappa shape index (κ2) is 6.82. The van der Waals surface area contributed by atoms with Crippen molar-refractivity contribution >= 4 is 12.6 Å². The van der Waals surface area contributed by atoms with E-state index < -0.39 is 0 Å². The third kappa shape index (κ3) is 3.87. The molecule has 1 aromatic carbocycles. The van der Waals surface area contributed by atoms with Crippen molar-refractivity contribution < 1.29 is 9.31 Å². The van der Waals surface area contributed by atoms with Gasteiger partial charge in [-0.1, -0.05) is 24.3 Å². The molecule has 0 saturated carbocycles. The third-order valence-corrected chi connectivity index (χ3v) is 6.18. The standard InChI is InChI=1S/C20H32BNO2/c1-19(2)20(3,4)24-21(23-19)18-10-8-16(9-11-18)6-7-17-12-14-22(5)15-13-17/h8-11,17H,6-7,12-15H2,1-5H3. The molecule has 2 aliphatic rings. The zero-order valence-electron chi connectivity index (χ0n) is 16.0. The zero-order valence-corrected chi connectivity index (χ0v) is 16.0. The molecular formula is C20H32BNO2. The van der Waals surface area contributed by atoms with Crippen molar-refractivity contribution in [1.29, 1.82) is 0 Å². The first-order chi connectivity index (χ1) is 11.3. The Morgan fingerprint density at radius 1 is 1.00 bits per heavy atom. The van der Waals surface area contributed by atoms with E-state index in [1.807, 2.05) is 0 Å². The van der Waals surface area contributed by atoms with Gasteiger partial charge < -0.3 is 14.2 Å². The Kier molecular flexibility index (Phi) is 5.10. The fraction of sp³-hybridized carbons (Fsp3) is 0.700. The molecule has 2 fully saturated rings. The minimum atomic E-state index is -0.273. The van der Waals surface area contributed by atoms with Crippen LogP contribution < -0.4 is 5.46 Å². The number of nitrogens with zero attached hydrogens (tertiary/aromatic N) is 1. The van der Waals surface area contributed by atoms with Crippen LogP contribution in [0, 0.1) is 5.92 Å². The molecule has 132 valence electrons. The largest absolute Gasteiger partial charge is 0.494 e. The second-order valence-electron chi connectivity index (χ2n) is 8.62. The number of hydrogen-bond donors (Lipinski definition) is 0. The minimum Gasteiger partial charge on any atom is -0.399 e. The Bertz CT molecular complexity index is 531. The number of piperidine rings is 1. The van der Waals surface area contributed by atoms with E-state index in [2.05, 4.69) is 63.9 Å². The van der Waals surface area contributed by atoms with Crippen molar-refractivity contribution in [2.75, 3.05) is 20.1 Å². The minimum absolute atomic E-state index is 0.252. The molecule has 1 aromatic rings. The first-order valence-corrected chi connectivity index (χ1v) is 9.40. The summed E-state index contributed by atoms with van der Waals surface area (Å²) in [6.45, 7) is 10.9. The molecule has 0 aliphatic carbocycles. The van der Waals surface area contributed by atoms with Crippen LogP contribution in [0.25, 0.3) is 0 Å². The molecular weight excluding hydrogens is 297 g/mol. The van der Waals surface area contributed by atoms with Gasteiger partial charge in [0.05, 0.1) is 11.2 Å². The van der Waals surface area contributed by atoms with Gasteiger partial charge in [-0.25, -0.2) is 0 Å². The molecule has 3 nitrogen and oxygen atoms in total. The normalized spacial score (nSPS) is 24.5. The molecule has 0 radical (unpaired) electrons. The van der Waals surface area contributed by atoms with Gasteiger partial charge in [0.15, 0.2) is 0 Å². The van der Waals surface area contributed by atoms with E-state index in [-0.39, 0.29) is 18.3 Å². The Labute approximate surface area is 147 Å². The Hall–Kier alpha value is -0.835. The summed E-state index contributed by atoms with van der Waals surface area (Å²) in [6.07, 6.45) is 5.19. The quantitative estimate of drug-likeness (QED) is 0.792. The lowest BCUT2D eigenvalue weighted by molar-refractivity contribution is 0.00578. The van der Waals surface area contributed by atoms with Crippen molar-refractivity contribution in [1.82, 2.24) is 4.90 Å². The summed E-state index contributed by atoms with van der Waals surface area (Å²) in [4.78, 5) is 2.44. The van der Waals surface area contributed by atoms with Crippen LogP contribution in [0.1, 0.15) is 52.5 Å². The highest BCUT2D eigenvalue weighted by atomic mass is 16.7. The zero-order chi connectivity index (χ0) is 17.4. The Morgan fingerprint density at radius 2 is 1.54 bits per heavy atom. The van der Waals surface area contributed by atoms with Crippen LogP contribution in [0.5, 0.6) is 0 Å². The molecule has 2 saturated heterocycles. The first-order valence-electron chi connectivity index (χ1n) is 9.40. The van der Waals surface area contributed by atoms with Gasteiger partial charge in [0.2, 0.25) is 0 Å². The molecule has 0 aromatic heterocycles. The number of rotatable bonds is 4. The van der Waals surface area contributed by atoms with E-state index in [4.69, 9.17) is 9.31 Å². The van der Waals surface area contributed by atoms with Gasteiger partial charge >= 0.3 is 7.12 Å². The van der Waals surface area contributed by atoms with Crippen LogP contribution >= 0.6 is 0 Å². The predicted octanol–water partition coefficient (Wildman–Crippen LogP) is 3.26. The summed E-state index contributed by atoms with van der Waals surface area (Å²) in [6, 6.07) is 8.84. The van der Waals surface area contributed by atoms with Gasteiger partial charge in [-0.3, -0.25) is 0 Å². The molecule has 0 amide bonds. The highest BCUT2D eigenvalue weighted by Gasteiger charge is 2.51. The lowest BCUT2D eigenvalue weighted by atomic mass is 9.78. The molecule has 0 spiro atoms. The first kappa shape index (κ1) is 18.0. The molecule has 24 heavy (non-hydrogen) atoms. The van der Waals surface area contributed by atoms with Gasteiger partial charge in [0.1, 0.15) is 0 Å². The monoisotopic (exact) mass is 329 g/mol. The van der Waals surface area contributed by atoms with Crippen molar-refractivity contribution in [2.24, 2.45) is 5.92 Å². The van der Waals surface area contributed by atoms with Crippen LogP contribution in [0.3, 0.4) is 0 Å². The Balaban J connectivity index is 1.54. The lowest BCUT2D eigenvalue weighted by Gasteiger charge is -2.32. The van der Waals surface area contributed by atoms with E-state index in [1.165, 1.54) is 44.3 Å². The second-order valence-corrected chi connectivity index (χ2v) is 8.62. The number of likely N-dealkylation sites (tertiary alicyclic amines) is 1. The molecule has 0 atom stereocenters. The molecule has 3 rings (SSSR count). The van der Waals surface area contributed by atoms with Crippen molar-refractivity contribution in [2.45, 2.75) is 64.6 Å². The van der Waals surface area contributed by atoms with E-state index >= 15 is 0 Å². The van der Waals surface area contributed by atoms with Crippen molar-refractivity contribution in [3.63, 3.8) is 0 Å². The fourth-order valence-corrected chi connectivity index (χ4v) is 3.54. The van der Waals surface area contributed by atoms with Crippen LogP contribution in [-0.4, -0.2) is 43.4 Å². The summed E-state index contributed by atoms with van der Waals surface area (Å²) in [7, 11) is 1.97. The van der Waals surface area contributed by atoms with Crippen LogP contribution in [0.2, 0.25) is 0 Å². The van der Waals surface area contributed by atoms with Gasteiger partial charge in [-0.15, -0.1) is 0 Å². The smallest absolute Gasteiger partial charge is 0.399 e. The summed E-state index contributed by atoms with van der Waals surface area (Å²) in [5, 5.41) is 0. The fourth-order valence-electron chi connectivity index (χ4n) is 3.54. The summed E-state index contributed by atoms with van der Waals surface area (Å²) >= 11 is 0. The lowest BCUT2D eigenvalue weighted by Crippen LogP contribution is -2.41. The molecule has 2 aliphatic heterocycles. The average Bonchev–Trinajstić information content (AvgIpc) is 2.75. The molecule has 4 heteroatoms. The highest BCUT2D eigenvalue weighted by molar-refractivity contribution is 6.62. The molecule has 0 bridgehead atoms. The maximum absolute atomic E-state index is 6.13. The summed E-state index contributed by atoms with van der Waals surface area (Å²) in [5.41, 5.74) is 2.00. The van der Waals surface area contributed by atoms with Crippen LogP contribution in [0.15, 0.2) is 24.3 Å². The number of aryl methyl sites for hydroxylation is 1. The summed E-state index contributed by atoms with van der Waals surface area (Å²) < 4.78 is 12.3. The third-order valence-electron chi connectivity index (χ3n) is 6.18. The maximum Gasteiger partial charge on any atom is 0.494 e. The highest BCUT2D eigenvalue weighted by Crippen LogP contribution is 2.36. The van der Waals surface area contributed by atoms with Crippen LogP contribution in [0.4, 0.5) is 0 Å². The van der Waals surface area contributed by atoms with Gasteiger partial charge in [-0.05, 0) is 90.5 Å². The van der Waals surface area contributed by atoms with E-state index in [9.17, 15) is 0 Å². The SMILES string of the molecule is CN1CCC(CCc2ccc(B3OC(C)(C)C(C)(C)O3)cc2)CC1. The average molecular weight is 329 g/mol. The van der Waals surface area contributed by atoms with Crippen molar-refractivity contribution in [3.05, 3.63) is 29.8 Å². The van der Waals surface area contributed by atoms with E-state index in [0.717, 1.165) is 11.4 Å². The van der Waals surface area contributed by atoms with Gasteiger partial charge in [0.25, 0.3) is 0 Å². The Morgan fingerprint density at radius 3 is 2.08 bits per heavy atom. The number of benzene rings is 1. The molecule has 0 unspecified atom stereocenters. The van der Waals surface area contributed by atoms with E-state index in [1.54, 1.807) is 0 Å². The maximum atomic E-state index is 6.13. The van der Waals surface area contributed by atoms with Gasteiger partial charge in [0, 0.05) is 0 Å². The predicted molar refractivity (Wildman–Crippen MR) is 101 cm³/mol. The van der Waals surface area contributed by atoms with Gasteiger partial charge in [-0.2, -0.15) is 0 Å². The van der Waals surface area contributed by atoms with E-state index in [0.29, 0.717) is 0 Å². The van der Waals surface area contributed by atoms with Crippen molar-refractivity contribution in [3.8, 4) is 0 Å². The topological polar surface area (TPSA) is 21.7 Å². The van der Waals surface area contributed by atoms with Crippen LogP contribution in [-0.2, 0) is 15.7 Å². The summed E-state index contributed by atoms with van der Waals surface area (Å²) in [5.74, 6) is 0.893. The molecule has 2 heterocycles.